The second-order valence-electron chi connectivity index (χ2n) is 6.56. The number of rotatable bonds is 1. The van der Waals surface area contributed by atoms with Gasteiger partial charge in [0.25, 0.3) is 0 Å². The van der Waals surface area contributed by atoms with E-state index in [2.05, 4.69) is 27.7 Å². The van der Waals surface area contributed by atoms with Crippen molar-refractivity contribution in [2.45, 2.75) is 46.6 Å². The number of carbonyl (C=O) groups is 1. The largest absolute Gasteiger partial charge is 0.341 e. The van der Waals surface area contributed by atoms with Gasteiger partial charge in [0, 0.05) is 25.0 Å². The predicted molar refractivity (Wildman–Crippen MR) is 64.8 cm³/mol. The lowest BCUT2D eigenvalue weighted by Gasteiger charge is -2.31. The third-order valence-electron chi connectivity index (χ3n) is 5.04. The standard InChI is InChI=1S/C13H24N2O/c1-12(2)10(13(12,3)4)11(16)15-7-5-6-9(14)8-15/h9-10H,5-8,14H2,1-4H3. The van der Waals surface area contributed by atoms with Crippen molar-refractivity contribution >= 4 is 5.91 Å². The molecule has 1 unspecified atom stereocenters. The molecule has 1 aliphatic carbocycles. The average Bonchev–Trinajstić information content (AvgIpc) is 2.56. The van der Waals surface area contributed by atoms with Crippen molar-refractivity contribution in [3.8, 4) is 0 Å². The van der Waals surface area contributed by atoms with Gasteiger partial charge in [-0.25, -0.2) is 0 Å². The Kier molecular flexibility index (Phi) is 2.57. The van der Waals surface area contributed by atoms with Crippen LogP contribution in [-0.2, 0) is 4.79 Å². The maximum atomic E-state index is 12.4. The highest BCUT2D eigenvalue weighted by molar-refractivity contribution is 5.84. The zero-order valence-corrected chi connectivity index (χ0v) is 10.9. The fourth-order valence-corrected chi connectivity index (χ4v) is 3.21. The Bertz CT molecular complexity index is 295. The van der Waals surface area contributed by atoms with E-state index >= 15 is 0 Å². The van der Waals surface area contributed by atoms with Crippen molar-refractivity contribution in [1.82, 2.24) is 4.90 Å². The number of hydrogen-bond donors (Lipinski definition) is 1. The number of likely N-dealkylation sites (tertiary alicyclic amines) is 1. The molecule has 0 aromatic heterocycles. The van der Waals surface area contributed by atoms with Crippen molar-refractivity contribution in [3.05, 3.63) is 0 Å². The Morgan fingerprint density at radius 2 is 1.81 bits per heavy atom. The summed E-state index contributed by atoms with van der Waals surface area (Å²) >= 11 is 0. The van der Waals surface area contributed by atoms with Crippen molar-refractivity contribution in [2.24, 2.45) is 22.5 Å². The molecule has 1 atom stereocenters. The first-order valence-corrected chi connectivity index (χ1v) is 6.33. The molecule has 3 heteroatoms. The molecule has 92 valence electrons. The van der Waals surface area contributed by atoms with Gasteiger partial charge in [0.15, 0.2) is 0 Å². The summed E-state index contributed by atoms with van der Waals surface area (Å²) in [6.07, 6.45) is 2.11. The second-order valence-corrected chi connectivity index (χ2v) is 6.56. The van der Waals surface area contributed by atoms with Crippen LogP contribution in [0.3, 0.4) is 0 Å². The Morgan fingerprint density at radius 1 is 1.25 bits per heavy atom. The van der Waals surface area contributed by atoms with E-state index in [0.717, 1.165) is 25.9 Å². The second kappa shape index (κ2) is 3.46. The maximum absolute atomic E-state index is 12.4. The van der Waals surface area contributed by atoms with Crippen LogP contribution in [0.5, 0.6) is 0 Å². The number of carbonyl (C=O) groups excluding carboxylic acids is 1. The van der Waals surface area contributed by atoms with Crippen LogP contribution in [-0.4, -0.2) is 29.9 Å². The monoisotopic (exact) mass is 224 g/mol. The summed E-state index contributed by atoms with van der Waals surface area (Å²) in [5.41, 5.74) is 6.21. The van der Waals surface area contributed by atoms with Crippen LogP contribution in [0.1, 0.15) is 40.5 Å². The van der Waals surface area contributed by atoms with E-state index < -0.39 is 0 Å². The highest BCUT2D eigenvalue weighted by Crippen LogP contribution is 2.68. The summed E-state index contributed by atoms with van der Waals surface area (Å²) in [4.78, 5) is 14.4. The van der Waals surface area contributed by atoms with Gasteiger partial charge < -0.3 is 10.6 Å². The van der Waals surface area contributed by atoms with E-state index in [1.54, 1.807) is 0 Å². The molecule has 2 fully saturated rings. The van der Waals surface area contributed by atoms with Gasteiger partial charge >= 0.3 is 0 Å². The zero-order valence-electron chi connectivity index (χ0n) is 10.9. The van der Waals surface area contributed by atoms with E-state index in [0.29, 0.717) is 5.91 Å². The molecule has 0 bridgehead atoms. The minimum absolute atomic E-state index is 0.144. The lowest BCUT2D eigenvalue weighted by Crippen LogP contribution is -2.46. The predicted octanol–water partition coefficient (Wildman–Crippen LogP) is 1.62. The van der Waals surface area contributed by atoms with Gasteiger partial charge in [0.05, 0.1) is 0 Å². The van der Waals surface area contributed by atoms with Gasteiger partial charge in [-0.05, 0) is 23.7 Å². The molecule has 1 amide bonds. The molecule has 3 nitrogen and oxygen atoms in total. The van der Waals surface area contributed by atoms with Crippen molar-refractivity contribution in [3.63, 3.8) is 0 Å². The molecule has 0 aromatic rings. The molecule has 2 aliphatic rings. The number of hydrogen-bond acceptors (Lipinski definition) is 2. The molecule has 1 saturated heterocycles. The Labute approximate surface area is 98.4 Å². The minimum Gasteiger partial charge on any atom is -0.341 e. The summed E-state index contributed by atoms with van der Waals surface area (Å²) in [5, 5.41) is 0. The number of nitrogens with two attached hydrogens (primary N) is 1. The van der Waals surface area contributed by atoms with Crippen LogP contribution in [0, 0.1) is 16.7 Å². The first kappa shape index (κ1) is 11.9. The molecule has 0 aromatic carbocycles. The summed E-state index contributed by atoms with van der Waals surface area (Å²) in [5.74, 6) is 0.510. The smallest absolute Gasteiger partial charge is 0.226 e. The fraction of sp³-hybridized carbons (Fsp3) is 0.923. The molecular formula is C13H24N2O. The fourth-order valence-electron chi connectivity index (χ4n) is 3.21. The zero-order chi connectivity index (χ0) is 12.1. The molecule has 2 rings (SSSR count). The van der Waals surface area contributed by atoms with Crippen LogP contribution in [0.15, 0.2) is 0 Å². The summed E-state index contributed by atoms with van der Waals surface area (Å²) < 4.78 is 0. The van der Waals surface area contributed by atoms with Gasteiger partial charge in [-0.3, -0.25) is 4.79 Å². The number of piperidine rings is 1. The number of nitrogens with zero attached hydrogens (tertiary/aromatic N) is 1. The van der Waals surface area contributed by atoms with Crippen LogP contribution < -0.4 is 5.73 Å². The number of amides is 1. The summed E-state index contributed by atoms with van der Waals surface area (Å²) in [6.45, 7) is 10.4. The average molecular weight is 224 g/mol. The van der Waals surface area contributed by atoms with Gasteiger partial charge in [0.2, 0.25) is 5.91 Å². The lowest BCUT2D eigenvalue weighted by atomic mass is 10.0. The van der Waals surface area contributed by atoms with Crippen molar-refractivity contribution in [2.75, 3.05) is 13.1 Å². The van der Waals surface area contributed by atoms with Gasteiger partial charge in [0.1, 0.15) is 0 Å². The van der Waals surface area contributed by atoms with Gasteiger partial charge in [-0.15, -0.1) is 0 Å². The minimum atomic E-state index is 0.144. The molecule has 0 spiro atoms. The Morgan fingerprint density at radius 3 is 2.25 bits per heavy atom. The van der Waals surface area contributed by atoms with Crippen LogP contribution >= 0.6 is 0 Å². The molecule has 1 heterocycles. The van der Waals surface area contributed by atoms with E-state index in [4.69, 9.17) is 5.73 Å². The highest BCUT2D eigenvalue weighted by atomic mass is 16.2. The van der Waals surface area contributed by atoms with Crippen molar-refractivity contribution < 1.29 is 4.79 Å². The Balaban J connectivity index is 2.04. The van der Waals surface area contributed by atoms with E-state index in [1.165, 1.54) is 0 Å². The first-order chi connectivity index (χ1) is 7.28. The molecule has 0 radical (unpaired) electrons. The van der Waals surface area contributed by atoms with E-state index in [9.17, 15) is 4.79 Å². The van der Waals surface area contributed by atoms with E-state index in [-0.39, 0.29) is 22.8 Å². The maximum Gasteiger partial charge on any atom is 0.226 e. The topological polar surface area (TPSA) is 46.3 Å². The highest BCUT2D eigenvalue weighted by Gasteiger charge is 2.68. The molecule has 2 N–H and O–H groups in total. The van der Waals surface area contributed by atoms with Crippen LogP contribution in [0.25, 0.3) is 0 Å². The third-order valence-corrected chi connectivity index (χ3v) is 5.04. The van der Waals surface area contributed by atoms with E-state index in [1.807, 2.05) is 4.90 Å². The van der Waals surface area contributed by atoms with Crippen LogP contribution in [0.2, 0.25) is 0 Å². The normalized spacial score (nSPS) is 32.6. The molecular weight excluding hydrogens is 200 g/mol. The molecule has 1 aliphatic heterocycles. The van der Waals surface area contributed by atoms with Crippen LogP contribution in [0.4, 0.5) is 0 Å². The third kappa shape index (κ3) is 1.56. The molecule has 16 heavy (non-hydrogen) atoms. The van der Waals surface area contributed by atoms with Gasteiger partial charge in [-0.1, -0.05) is 27.7 Å². The first-order valence-electron chi connectivity index (χ1n) is 6.33. The van der Waals surface area contributed by atoms with Gasteiger partial charge in [-0.2, -0.15) is 0 Å². The SMILES string of the molecule is CC1(C)C(C(=O)N2CCCC(N)C2)C1(C)C. The summed E-state index contributed by atoms with van der Waals surface area (Å²) in [7, 11) is 0. The quantitative estimate of drug-likeness (QED) is 0.735. The Hall–Kier alpha value is -0.570. The van der Waals surface area contributed by atoms with Crippen molar-refractivity contribution in [1.29, 1.82) is 0 Å². The summed E-state index contributed by atoms with van der Waals surface area (Å²) in [6, 6.07) is 0.183. The molecule has 1 saturated carbocycles. The lowest BCUT2D eigenvalue weighted by molar-refractivity contribution is -0.135.